The number of halogens is 2. The molecule has 0 unspecified atom stereocenters. The van der Waals surface area contributed by atoms with E-state index in [1.54, 1.807) is 19.0 Å². The Kier molecular flexibility index (Phi) is 4.20. The number of methoxy groups -OCH3 is 1. The van der Waals surface area contributed by atoms with E-state index in [4.69, 9.17) is 0 Å². The molecule has 0 saturated heterocycles. The molecule has 1 rings (SSSR count). The summed E-state index contributed by atoms with van der Waals surface area (Å²) in [6.45, 7) is 0. The first-order valence-corrected chi connectivity index (χ1v) is 4.87. The van der Waals surface area contributed by atoms with Crippen LogP contribution in [0, 0.1) is 11.6 Å². The van der Waals surface area contributed by atoms with Crippen LogP contribution in [0.5, 0.6) is 0 Å². The summed E-state index contributed by atoms with van der Waals surface area (Å²) < 4.78 is 30.7. The molecule has 0 bridgehead atoms. The lowest BCUT2D eigenvalue weighted by Gasteiger charge is -2.10. The van der Waals surface area contributed by atoms with Crippen LogP contribution in [0.15, 0.2) is 24.4 Å². The molecule has 5 heteroatoms. The van der Waals surface area contributed by atoms with Crippen LogP contribution in [0.4, 0.5) is 8.78 Å². The fourth-order valence-electron chi connectivity index (χ4n) is 1.32. The number of rotatable bonds is 3. The molecule has 1 aromatic carbocycles. The minimum Gasteiger partial charge on any atom is -0.465 e. The minimum atomic E-state index is -0.742. The minimum absolute atomic E-state index is 0.0934. The Balaban J connectivity index is 3.27. The molecule has 0 amide bonds. The van der Waals surface area contributed by atoms with Crippen molar-refractivity contribution in [2.24, 2.45) is 0 Å². The van der Waals surface area contributed by atoms with E-state index in [0.29, 0.717) is 0 Å². The highest BCUT2D eigenvalue weighted by atomic mass is 19.1. The number of esters is 1. The number of carbonyl (C=O) groups excluding carboxylic acids is 1. The number of ether oxygens (including phenoxy) is 1. The fourth-order valence-corrected chi connectivity index (χ4v) is 1.32. The third-order valence-corrected chi connectivity index (χ3v) is 1.97. The zero-order valence-corrected chi connectivity index (χ0v) is 9.83. The van der Waals surface area contributed by atoms with E-state index in [1.165, 1.54) is 13.3 Å². The van der Waals surface area contributed by atoms with Crippen LogP contribution in [0.2, 0.25) is 0 Å². The Labute approximate surface area is 98.3 Å². The molecule has 0 aliphatic heterocycles. The summed E-state index contributed by atoms with van der Waals surface area (Å²) in [7, 11) is 4.60. The Bertz CT molecular complexity index is 436. The van der Waals surface area contributed by atoms with Crippen LogP contribution in [0.1, 0.15) is 5.56 Å². The van der Waals surface area contributed by atoms with Gasteiger partial charge in [0.25, 0.3) is 0 Å². The van der Waals surface area contributed by atoms with Gasteiger partial charge in [0, 0.05) is 26.4 Å². The predicted octanol–water partition coefficient (Wildman–Crippen LogP) is 2.04. The van der Waals surface area contributed by atoms with Crippen molar-refractivity contribution >= 4 is 11.5 Å². The second kappa shape index (κ2) is 5.43. The second-order valence-electron chi connectivity index (χ2n) is 3.66. The SMILES string of the molecule is COC(=O)/C(=C/N(C)C)c1cc(F)cc(F)c1. The van der Waals surface area contributed by atoms with Crippen molar-refractivity contribution < 1.29 is 18.3 Å². The normalized spacial score (nSPS) is 11.2. The average Bonchev–Trinajstić information content (AvgIpc) is 2.23. The highest BCUT2D eigenvalue weighted by molar-refractivity contribution is 6.16. The van der Waals surface area contributed by atoms with Gasteiger partial charge in [0.2, 0.25) is 0 Å². The third kappa shape index (κ3) is 3.55. The summed E-state index contributed by atoms with van der Waals surface area (Å²) in [5.74, 6) is -2.13. The Morgan fingerprint density at radius 1 is 1.24 bits per heavy atom. The molecule has 0 saturated carbocycles. The first kappa shape index (κ1) is 13.2. The van der Waals surface area contributed by atoms with Gasteiger partial charge >= 0.3 is 5.97 Å². The molecular formula is C12H13F2NO2. The van der Waals surface area contributed by atoms with E-state index in [2.05, 4.69) is 4.74 Å². The topological polar surface area (TPSA) is 29.5 Å². The number of hydrogen-bond acceptors (Lipinski definition) is 3. The lowest BCUT2D eigenvalue weighted by molar-refractivity contribution is -0.133. The highest BCUT2D eigenvalue weighted by Gasteiger charge is 2.14. The molecule has 1 aromatic rings. The molecule has 3 nitrogen and oxygen atoms in total. The maximum atomic E-state index is 13.1. The summed E-state index contributed by atoms with van der Waals surface area (Å²) >= 11 is 0. The summed E-state index contributed by atoms with van der Waals surface area (Å²) in [5.41, 5.74) is 0.235. The van der Waals surface area contributed by atoms with E-state index in [-0.39, 0.29) is 11.1 Å². The smallest absolute Gasteiger partial charge is 0.339 e. The molecule has 0 atom stereocenters. The van der Waals surface area contributed by atoms with Gasteiger partial charge in [-0.1, -0.05) is 0 Å². The average molecular weight is 241 g/mol. The lowest BCUT2D eigenvalue weighted by atomic mass is 10.1. The zero-order valence-electron chi connectivity index (χ0n) is 9.83. The molecule has 0 N–H and O–H groups in total. The monoisotopic (exact) mass is 241 g/mol. The maximum absolute atomic E-state index is 13.1. The molecule has 0 aliphatic carbocycles. The molecular weight excluding hydrogens is 228 g/mol. The van der Waals surface area contributed by atoms with Gasteiger partial charge in [0.1, 0.15) is 11.6 Å². The van der Waals surface area contributed by atoms with Gasteiger partial charge in [-0.3, -0.25) is 0 Å². The molecule has 0 radical (unpaired) electrons. The van der Waals surface area contributed by atoms with Crippen molar-refractivity contribution in [1.82, 2.24) is 4.90 Å². The standard InChI is InChI=1S/C12H13F2NO2/c1-15(2)7-11(12(16)17-3)8-4-9(13)6-10(14)5-8/h4-7H,1-3H3/b11-7+. The molecule has 0 aliphatic rings. The van der Waals surface area contributed by atoms with Gasteiger partial charge in [0.05, 0.1) is 12.7 Å². The number of carbonyl (C=O) groups is 1. The first-order chi connectivity index (χ1) is 7.93. The van der Waals surface area contributed by atoms with Gasteiger partial charge in [0.15, 0.2) is 0 Å². The number of nitrogens with zero attached hydrogens (tertiary/aromatic N) is 1. The Morgan fingerprint density at radius 2 is 1.76 bits per heavy atom. The van der Waals surface area contributed by atoms with Crippen molar-refractivity contribution in [1.29, 1.82) is 0 Å². The third-order valence-electron chi connectivity index (χ3n) is 1.97. The maximum Gasteiger partial charge on any atom is 0.339 e. The summed E-state index contributed by atoms with van der Waals surface area (Å²) in [6.07, 6.45) is 1.44. The molecule has 0 aromatic heterocycles. The second-order valence-corrected chi connectivity index (χ2v) is 3.66. The highest BCUT2D eigenvalue weighted by Crippen LogP contribution is 2.19. The Morgan fingerprint density at radius 3 is 2.18 bits per heavy atom. The number of benzene rings is 1. The zero-order chi connectivity index (χ0) is 13.0. The lowest BCUT2D eigenvalue weighted by Crippen LogP contribution is -2.10. The largest absolute Gasteiger partial charge is 0.465 e. The van der Waals surface area contributed by atoms with E-state index >= 15 is 0 Å². The van der Waals surface area contributed by atoms with Crippen molar-refractivity contribution in [2.45, 2.75) is 0 Å². The predicted molar refractivity (Wildman–Crippen MR) is 60.0 cm³/mol. The van der Waals surface area contributed by atoms with Crippen molar-refractivity contribution in [3.63, 3.8) is 0 Å². The van der Waals surface area contributed by atoms with Crippen molar-refractivity contribution in [2.75, 3.05) is 21.2 Å². The van der Waals surface area contributed by atoms with Gasteiger partial charge in [-0.25, -0.2) is 13.6 Å². The molecule has 0 fully saturated rings. The van der Waals surface area contributed by atoms with Crippen LogP contribution in [0.3, 0.4) is 0 Å². The van der Waals surface area contributed by atoms with Gasteiger partial charge in [-0.2, -0.15) is 0 Å². The summed E-state index contributed by atoms with van der Waals surface area (Å²) in [5, 5.41) is 0. The molecule has 92 valence electrons. The van der Waals surface area contributed by atoms with Gasteiger partial charge in [-0.05, 0) is 17.7 Å². The van der Waals surface area contributed by atoms with Gasteiger partial charge < -0.3 is 9.64 Å². The van der Waals surface area contributed by atoms with Crippen molar-refractivity contribution in [3.8, 4) is 0 Å². The van der Waals surface area contributed by atoms with Gasteiger partial charge in [-0.15, -0.1) is 0 Å². The van der Waals surface area contributed by atoms with E-state index < -0.39 is 17.6 Å². The van der Waals surface area contributed by atoms with Crippen LogP contribution >= 0.6 is 0 Å². The van der Waals surface area contributed by atoms with Crippen LogP contribution < -0.4 is 0 Å². The summed E-state index contributed by atoms with van der Waals surface area (Å²) in [6, 6.07) is 2.90. The van der Waals surface area contributed by atoms with Crippen LogP contribution in [-0.4, -0.2) is 32.1 Å². The molecule has 0 spiro atoms. The quantitative estimate of drug-likeness (QED) is 0.599. The summed E-state index contributed by atoms with van der Waals surface area (Å²) in [4.78, 5) is 13.1. The fraction of sp³-hybridized carbons (Fsp3) is 0.250. The van der Waals surface area contributed by atoms with E-state index in [9.17, 15) is 13.6 Å². The van der Waals surface area contributed by atoms with Crippen molar-refractivity contribution in [3.05, 3.63) is 41.6 Å². The number of hydrogen-bond donors (Lipinski definition) is 0. The molecule has 0 heterocycles. The van der Waals surface area contributed by atoms with Crippen LogP contribution in [-0.2, 0) is 9.53 Å². The van der Waals surface area contributed by atoms with Crippen LogP contribution in [0.25, 0.3) is 5.57 Å². The van der Waals surface area contributed by atoms with E-state index in [1.807, 2.05) is 0 Å². The van der Waals surface area contributed by atoms with E-state index in [0.717, 1.165) is 18.2 Å². The molecule has 17 heavy (non-hydrogen) atoms. The first-order valence-electron chi connectivity index (χ1n) is 4.87. The Hall–Kier alpha value is -1.91.